The number of H-pyrrole nitrogens is 1. The van der Waals surface area contributed by atoms with Crippen molar-refractivity contribution < 1.29 is 9.59 Å². The quantitative estimate of drug-likeness (QED) is 0.741. The van der Waals surface area contributed by atoms with E-state index in [0.29, 0.717) is 36.6 Å². The van der Waals surface area contributed by atoms with Crippen molar-refractivity contribution in [1.82, 2.24) is 15.6 Å². The van der Waals surface area contributed by atoms with Crippen LogP contribution in [0.1, 0.15) is 60.0 Å². The van der Waals surface area contributed by atoms with Crippen molar-refractivity contribution in [2.24, 2.45) is 11.3 Å². The van der Waals surface area contributed by atoms with Crippen molar-refractivity contribution in [3.63, 3.8) is 0 Å². The summed E-state index contributed by atoms with van der Waals surface area (Å²) < 4.78 is 0. The third-order valence-electron chi connectivity index (χ3n) is 5.11. The van der Waals surface area contributed by atoms with E-state index >= 15 is 0 Å². The lowest BCUT2D eigenvalue weighted by molar-refractivity contribution is 0.0909. The van der Waals surface area contributed by atoms with Crippen LogP contribution in [-0.4, -0.2) is 35.8 Å². The molecule has 1 saturated heterocycles. The molecule has 3 rings (SSSR count). The summed E-state index contributed by atoms with van der Waals surface area (Å²) in [5.74, 6) is -0.0641. The Bertz CT molecular complexity index is 742. The largest absolute Gasteiger partial charge is 0.348 e. The Kier molecular flexibility index (Phi) is 5.74. The molecule has 1 fully saturated rings. The second-order valence-corrected chi connectivity index (χ2v) is 7.90. The number of pyridine rings is 1. The van der Waals surface area contributed by atoms with Gasteiger partial charge in [-0.1, -0.05) is 20.8 Å². The Hall–Kier alpha value is -1.66. The number of nitrogens with one attached hydrogen (secondary N) is 3. The van der Waals surface area contributed by atoms with Crippen molar-refractivity contribution in [3.8, 4) is 0 Å². The number of rotatable bonds is 2. The predicted molar refractivity (Wildman–Crippen MR) is 98.6 cm³/mol. The molecule has 2 atom stereocenters. The second-order valence-electron chi connectivity index (χ2n) is 7.90. The van der Waals surface area contributed by atoms with Crippen LogP contribution >= 0.6 is 12.4 Å². The molecule has 0 saturated carbocycles. The first-order valence-electron chi connectivity index (χ1n) is 8.58. The van der Waals surface area contributed by atoms with Gasteiger partial charge >= 0.3 is 0 Å². The van der Waals surface area contributed by atoms with Gasteiger partial charge in [-0.25, -0.2) is 0 Å². The number of fused-ring (bicyclic) bond motifs is 1. The number of piperidine rings is 1. The highest BCUT2D eigenvalue weighted by atomic mass is 35.5. The molecule has 6 nitrogen and oxygen atoms in total. The van der Waals surface area contributed by atoms with E-state index in [2.05, 4.69) is 22.5 Å². The van der Waals surface area contributed by atoms with Crippen LogP contribution in [0, 0.1) is 11.3 Å². The maximum absolute atomic E-state index is 12.5. The van der Waals surface area contributed by atoms with E-state index in [1.165, 1.54) is 6.07 Å². The minimum absolute atomic E-state index is 0. The molecule has 25 heavy (non-hydrogen) atoms. The van der Waals surface area contributed by atoms with Gasteiger partial charge in [0.1, 0.15) is 5.56 Å². The van der Waals surface area contributed by atoms with Gasteiger partial charge in [0.25, 0.3) is 11.5 Å². The molecule has 2 heterocycles. The highest BCUT2D eigenvalue weighted by molar-refractivity contribution is 6.02. The number of carbonyl (C=O) groups excluding carboxylic acids is 2. The lowest BCUT2D eigenvalue weighted by Gasteiger charge is -2.31. The van der Waals surface area contributed by atoms with Crippen LogP contribution in [0.5, 0.6) is 0 Å². The summed E-state index contributed by atoms with van der Waals surface area (Å²) in [7, 11) is 0. The van der Waals surface area contributed by atoms with Crippen LogP contribution in [0.3, 0.4) is 0 Å². The molecule has 3 N–H and O–H groups in total. The topological polar surface area (TPSA) is 91.1 Å². The average molecular weight is 368 g/mol. The first kappa shape index (κ1) is 19.7. The van der Waals surface area contributed by atoms with Crippen LogP contribution in [0.2, 0.25) is 0 Å². The van der Waals surface area contributed by atoms with Gasteiger partial charge in [-0.15, -0.1) is 12.4 Å². The van der Waals surface area contributed by atoms with Crippen LogP contribution in [-0.2, 0) is 6.42 Å². The zero-order valence-corrected chi connectivity index (χ0v) is 15.7. The van der Waals surface area contributed by atoms with Gasteiger partial charge in [0.2, 0.25) is 0 Å². The molecule has 1 aromatic rings. The van der Waals surface area contributed by atoms with Crippen molar-refractivity contribution in [2.75, 3.05) is 13.1 Å². The molecule has 0 radical (unpaired) electrons. The predicted octanol–water partition coefficient (Wildman–Crippen LogP) is 1.68. The third-order valence-corrected chi connectivity index (χ3v) is 5.11. The van der Waals surface area contributed by atoms with Gasteiger partial charge in [-0.2, -0.15) is 0 Å². The van der Waals surface area contributed by atoms with E-state index in [1.807, 2.05) is 13.8 Å². The summed E-state index contributed by atoms with van der Waals surface area (Å²) in [5.41, 5.74) is 0.562. The molecular weight excluding hydrogens is 342 g/mol. The third kappa shape index (κ3) is 4.12. The first-order valence-corrected chi connectivity index (χ1v) is 8.58. The standard InChI is InChI=1S/C18H25N3O3.ClH/c1-10-4-5-19-9-14(10)21-17(24)12-6-11-13(20-16(12)23)7-18(2,3)8-15(11)22;/h6,10,14,19H,4-5,7-9H2,1-3H3,(H,20,23)(H,21,24);1H. The van der Waals surface area contributed by atoms with Crippen molar-refractivity contribution in [3.05, 3.63) is 33.2 Å². The SMILES string of the molecule is CC1CCNCC1NC(=O)c1cc2c([nH]c1=O)CC(C)(C)CC2=O.Cl. The van der Waals surface area contributed by atoms with Gasteiger partial charge in [0, 0.05) is 30.3 Å². The number of carbonyl (C=O) groups is 2. The molecule has 7 heteroatoms. The summed E-state index contributed by atoms with van der Waals surface area (Å²) in [6, 6.07) is 1.47. The highest BCUT2D eigenvalue weighted by Crippen LogP contribution is 2.33. The van der Waals surface area contributed by atoms with Gasteiger partial charge < -0.3 is 15.6 Å². The number of halogens is 1. The maximum atomic E-state index is 12.5. The number of amides is 1. The van der Waals surface area contributed by atoms with Crippen molar-refractivity contribution in [1.29, 1.82) is 0 Å². The fourth-order valence-corrected chi connectivity index (χ4v) is 3.63. The number of Topliss-reactive ketones (excluding diaryl/α,β-unsaturated/α-hetero) is 1. The summed E-state index contributed by atoms with van der Waals surface area (Å²) in [6.07, 6.45) is 2.05. The number of hydrogen-bond donors (Lipinski definition) is 3. The molecular formula is C18H26ClN3O3. The molecule has 0 bridgehead atoms. The molecule has 1 aliphatic carbocycles. The number of ketones is 1. The molecule has 1 aliphatic heterocycles. The molecule has 138 valence electrons. The van der Waals surface area contributed by atoms with Crippen molar-refractivity contribution in [2.45, 2.75) is 46.1 Å². The molecule has 2 aliphatic rings. The van der Waals surface area contributed by atoms with E-state index in [1.54, 1.807) is 0 Å². The monoisotopic (exact) mass is 367 g/mol. The zero-order chi connectivity index (χ0) is 17.5. The Labute approximate surface area is 153 Å². The smallest absolute Gasteiger partial charge is 0.261 e. The van der Waals surface area contributed by atoms with E-state index in [4.69, 9.17) is 0 Å². The molecule has 0 spiro atoms. The number of aromatic amines is 1. The van der Waals surface area contributed by atoms with Gasteiger partial charge in [0.15, 0.2) is 5.78 Å². The fraction of sp³-hybridized carbons (Fsp3) is 0.611. The Morgan fingerprint density at radius 2 is 2.00 bits per heavy atom. The Morgan fingerprint density at radius 3 is 2.68 bits per heavy atom. The lowest BCUT2D eigenvalue weighted by Crippen LogP contribution is -2.51. The first-order chi connectivity index (χ1) is 11.3. The van der Waals surface area contributed by atoms with E-state index < -0.39 is 11.5 Å². The minimum Gasteiger partial charge on any atom is -0.348 e. The van der Waals surface area contributed by atoms with E-state index in [9.17, 15) is 14.4 Å². The van der Waals surface area contributed by atoms with Crippen molar-refractivity contribution >= 4 is 24.1 Å². The van der Waals surface area contributed by atoms with Crippen LogP contribution in [0.4, 0.5) is 0 Å². The second kappa shape index (κ2) is 7.30. The number of hydrogen-bond acceptors (Lipinski definition) is 4. The lowest BCUT2D eigenvalue weighted by atomic mass is 9.75. The molecule has 0 aromatic carbocycles. The van der Waals surface area contributed by atoms with E-state index in [-0.39, 0.29) is 35.2 Å². The Morgan fingerprint density at radius 1 is 1.28 bits per heavy atom. The van der Waals surface area contributed by atoms with Crippen LogP contribution in [0.15, 0.2) is 10.9 Å². The normalized spacial score (nSPS) is 24.8. The van der Waals surface area contributed by atoms with Crippen LogP contribution < -0.4 is 16.2 Å². The van der Waals surface area contributed by atoms with Gasteiger partial charge in [0.05, 0.1) is 0 Å². The summed E-state index contributed by atoms with van der Waals surface area (Å²) >= 11 is 0. The van der Waals surface area contributed by atoms with Gasteiger partial charge in [-0.3, -0.25) is 14.4 Å². The maximum Gasteiger partial charge on any atom is 0.261 e. The van der Waals surface area contributed by atoms with Gasteiger partial charge in [-0.05, 0) is 36.8 Å². The fourth-order valence-electron chi connectivity index (χ4n) is 3.63. The molecule has 1 aromatic heterocycles. The highest BCUT2D eigenvalue weighted by Gasteiger charge is 2.33. The summed E-state index contributed by atoms with van der Waals surface area (Å²) in [4.78, 5) is 40.0. The molecule has 1 amide bonds. The Balaban J connectivity index is 0.00000225. The zero-order valence-electron chi connectivity index (χ0n) is 14.9. The van der Waals surface area contributed by atoms with E-state index in [0.717, 1.165) is 13.0 Å². The van der Waals surface area contributed by atoms with Crippen LogP contribution in [0.25, 0.3) is 0 Å². The average Bonchev–Trinajstić information content (AvgIpc) is 2.47. The summed E-state index contributed by atoms with van der Waals surface area (Å²) in [5, 5.41) is 6.18. The minimum atomic E-state index is -0.423. The number of aromatic nitrogens is 1. The summed E-state index contributed by atoms with van der Waals surface area (Å²) in [6.45, 7) is 7.74. The molecule has 2 unspecified atom stereocenters.